The molecule has 0 aliphatic carbocycles. The third kappa shape index (κ3) is 6.80. The normalized spacial score (nSPS) is 16.4. The first-order valence-electron chi connectivity index (χ1n) is 4.24. The molecule has 5 heteroatoms. The molecule has 0 spiro atoms. The first-order valence-corrected chi connectivity index (χ1v) is 6.27. The van der Waals surface area contributed by atoms with Crippen LogP contribution in [-0.2, 0) is 9.19 Å². The summed E-state index contributed by atoms with van der Waals surface area (Å²) < 4.78 is 15.7. The van der Waals surface area contributed by atoms with E-state index in [1.807, 2.05) is 13.8 Å². The van der Waals surface area contributed by atoms with Gasteiger partial charge in [-0.05, 0) is 12.8 Å². The minimum atomic E-state index is -3.36. The summed E-state index contributed by atoms with van der Waals surface area (Å²) >= 11 is 0. The molecule has 0 amide bonds. The largest absolute Gasteiger partial charge is 0.341 e. The van der Waals surface area contributed by atoms with Crippen LogP contribution in [0.2, 0.25) is 0 Å². The molecular weight excluding hydrogens is 177 g/mol. The Labute approximate surface area is 74.0 Å². The monoisotopic (exact) mass is 195 g/mol. The van der Waals surface area contributed by atoms with Crippen molar-refractivity contribution in [3.63, 3.8) is 0 Å². The topological polar surface area (TPSA) is 49.8 Å². The van der Waals surface area contributed by atoms with Crippen LogP contribution in [0.4, 0.5) is 0 Å². The summed E-state index contributed by atoms with van der Waals surface area (Å²) in [4.78, 5) is 8.93. The Bertz CT molecular complexity index is 151. The lowest BCUT2D eigenvalue weighted by Crippen LogP contribution is -2.24. The smallest absolute Gasteiger partial charge is 0.324 e. The van der Waals surface area contributed by atoms with Crippen LogP contribution in [0.5, 0.6) is 0 Å². The van der Waals surface area contributed by atoms with Crippen LogP contribution in [0.1, 0.15) is 26.7 Å². The Hall–Kier alpha value is 0.110. The summed E-state index contributed by atoms with van der Waals surface area (Å²) in [7, 11) is -3.36. The maximum absolute atomic E-state index is 10.9. The molecule has 0 aromatic carbocycles. The van der Waals surface area contributed by atoms with Crippen molar-refractivity contribution in [2.75, 3.05) is 19.8 Å². The number of hydrogen-bond acceptors (Lipinski definition) is 3. The van der Waals surface area contributed by atoms with Gasteiger partial charge in [0.15, 0.2) is 0 Å². The standard InChI is InChI=1S/C7H18NO3P/c1-4-6-8(7-5-2)11-12(3,9)10/h4-7H2,1-3H3,(H,9,10). The van der Waals surface area contributed by atoms with Crippen molar-refractivity contribution in [2.45, 2.75) is 26.7 Å². The molecule has 0 bridgehead atoms. The van der Waals surface area contributed by atoms with Crippen LogP contribution >= 0.6 is 7.60 Å². The maximum Gasteiger partial charge on any atom is 0.341 e. The molecule has 0 aliphatic heterocycles. The highest BCUT2D eigenvalue weighted by atomic mass is 31.2. The second-order valence-corrected chi connectivity index (χ2v) is 4.58. The first kappa shape index (κ1) is 12.1. The molecule has 0 heterocycles. The predicted octanol–water partition coefficient (Wildman–Crippen LogP) is 1.86. The highest BCUT2D eigenvalue weighted by molar-refractivity contribution is 7.51. The summed E-state index contributed by atoms with van der Waals surface area (Å²) in [6, 6.07) is 0. The summed E-state index contributed by atoms with van der Waals surface area (Å²) in [5.74, 6) is 0. The fourth-order valence-electron chi connectivity index (χ4n) is 0.907. The molecular formula is C7H18NO3P. The summed E-state index contributed by atoms with van der Waals surface area (Å²) in [5, 5.41) is 1.56. The van der Waals surface area contributed by atoms with Gasteiger partial charge in [-0.25, -0.2) is 4.62 Å². The van der Waals surface area contributed by atoms with Gasteiger partial charge in [-0.15, -0.1) is 0 Å². The van der Waals surface area contributed by atoms with E-state index in [2.05, 4.69) is 0 Å². The number of nitrogens with zero attached hydrogens (tertiary/aromatic N) is 1. The Morgan fingerprint density at radius 2 is 1.75 bits per heavy atom. The average molecular weight is 195 g/mol. The van der Waals surface area contributed by atoms with Gasteiger partial charge in [-0.2, -0.15) is 5.06 Å². The fraction of sp³-hybridized carbons (Fsp3) is 1.00. The van der Waals surface area contributed by atoms with E-state index in [0.717, 1.165) is 12.8 Å². The van der Waals surface area contributed by atoms with Gasteiger partial charge in [-0.1, -0.05) is 13.8 Å². The lowest BCUT2D eigenvalue weighted by molar-refractivity contribution is -0.0653. The van der Waals surface area contributed by atoms with Crippen molar-refractivity contribution in [3.8, 4) is 0 Å². The van der Waals surface area contributed by atoms with E-state index in [4.69, 9.17) is 9.52 Å². The van der Waals surface area contributed by atoms with Gasteiger partial charge in [0.25, 0.3) is 0 Å². The number of hydroxylamine groups is 2. The Morgan fingerprint density at radius 1 is 1.33 bits per heavy atom. The molecule has 0 saturated heterocycles. The van der Waals surface area contributed by atoms with Gasteiger partial charge in [0.2, 0.25) is 0 Å². The zero-order chi connectivity index (χ0) is 9.61. The van der Waals surface area contributed by atoms with Crippen LogP contribution in [0.25, 0.3) is 0 Å². The van der Waals surface area contributed by atoms with E-state index in [9.17, 15) is 4.57 Å². The highest BCUT2D eigenvalue weighted by Gasteiger charge is 2.15. The molecule has 0 aromatic heterocycles. The minimum absolute atomic E-state index is 0.701. The van der Waals surface area contributed by atoms with Crippen LogP contribution in [-0.4, -0.2) is 29.7 Å². The molecule has 0 radical (unpaired) electrons. The van der Waals surface area contributed by atoms with Crippen LogP contribution < -0.4 is 0 Å². The molecule has 1 N–H and O–H groups in total. The molecule has 1 unspecified atom stereocenters. The van der Waals surface area contributed by atoms with Crippen molar-refractivity contribution >= 4 is 7.60 Å². The van der Waals surface area contributed by atoms with Crippen molar-refractivity contribution < 1.29 is 14.1 Å². The maximum atomic E-state index is 10.9. The Balaban J connectivity index is 3.86. The number of rotatable bonds is 6. The molecule has 1 atom stereocenters. The predicted molar refractivity (Wildman–Crippen MR) is 49.0 cm³/mol. The van der Waals surface area contributed by atoms with Gasteiger partial charge >= 0.3 is 7.60 Å². The number of hydrogen-bond donors (Lipinski definition) is 1. The second kappa shape index (κ2) is 5.70. The zero-order valence-corrected chi connectivity index (χ0v) is 8.88. The minimum Gasteiger partial charge on any atom is -0.324 e. The molecule has 0 aliphatic rings. The fourth-order valence-corrected chi connectivity index (χ4v) is 1.50. The van der Waals surface area contributed by atoms with Crippen LogP contribution in [0.15, 0.2) is 0 Å². The average Bonchev–Trinajstić information content (AvgIpc) is 1.84. The van der Waals surface area contributed by atoms with Gasteiger partial charge in [0, 0.05) is 19.8 Å². The van der Waals surface area contributed by atoms with Crippen molar-refractivity contribution in [2.24, 2.45) is 0 Å². The van der Waals surface area contributed by atoms with Crippen molar-refractivity contribution in [3.05, 3.63) is 0 Å². The molecule has 0 saturated carbocycles. The summed E-state index contributed by atoms with van der Waals surface area (Å²) in [6.07, 6.45) is 1.83. The molecule has 0 rings (SSSR count). The lowest BCUT2D eigenvalue weighted by Gasteiger charge is -2.21. The van der Waals surface area contributed by atoms with E-state index in [0.29, 0.717) is 13.1 Å². The zero-order valence-electron chi connectivity index (χ0n) is 7.99. The van der Waals surface area contributed by atoms with E-state index >= 15 is 0 Å². The molecule has 4 nitrogen and oxygen atoms in total. The van der Waals surface area contributed by atoms with Gasteiger partial charge in [-0.3, -0.25) is 4.57 Å². The molecule has 74 valence electrons. The second-order valence-electron chi connectivity index (χ2n) is 2.81. The van der Waals surface area contributed by atoms with Crippen molar-refractivity contribution in [1.82, 2.24) is 5.06 Å². The van der Waals surface area contributed by atoms with Gasteiger partial charge in [0.1, 0.15) is 0 Å². The van der Waals surface area contributed by atoms with Gasteiger partial charge < -0.3 is 4.89 Å². The lowest BCUT2D eigenvalue weighted by atomic mass is 10.4. The van der Waals surface area contributed by atoms with Crippen molar-refractivity contribution in [1.29, 1.82) is 0 Å². The quantitative estimate of drug-likeness (QED) is 0.519. The molecule has 12 heavy (non-hydrogen) atoms. The third-order valence-electron chi connectivity index (χ3n) is 1.21. The highest BCUT2D eigenvalue weighted by Crippen LogP contribution is 2.37. The SMILES string of the molecule is CCCN(CCC)OP(C)(=O)O. The third-order valence-corrected chi connectivity index (χ3v) is 1.75. The van der Waals surface area contributed by atoms with Crippen LogP contribution in [0.3, 0.4) is 0 Å². The van der Waals surface area contributed by atoms with E-state index in [1.165, 1.54) is 6.66 Å². The first-order chi connectivity index (χ1) is 5.49. The summed E-state index contributed by atoms with van der Waals surface area (Å²) in [5.41, 5.74) is 0. The van der Waals surface area contributed by atoms with E-state index < -0.39 is 7.60 Å². The van der Waals surface area contributed by atoms with Gasteiger partial charge in [0.05, 0.1) is 0 Å². The Morgan fingerprint density at radius 3 is 2.00 bits per heavy atom. The van der Waals surface area contributed by atoms with E-state index in [1.54, 1.807) is 5.06 Å². The van der Waals surface area contributed by atoms with E-state index in [-0.39, 0.29) is 0 Å². The molecule has 0 fully saturated rings. The summed E-state index contributed by atoms with van der Waals surface area (Å²) in [6.45, 7) is 6.61. The molecule has 0 aromatic rings. The Kier molecular flexibility index (Phi) is 5.76. The van der Waals surface area contributed by atoms with Crippen LogP contribution in [0, 0.1) is 0 Å².